The minimum atomic E-state index is -0.151. The lowest BCUT2D eigenvalue weighted by atomic mass is 9.99. The first kappa shape index (κ1) is 21.6. The van der Waals surface area contributed by atoms with Gasteiger partial charge in [0, 0.05) is 16.5 Å². The van der Waals surface area contributed by atoms with Gasteiger partial charge in [-0.05, 0) is 48.2 Å². The number of anilines is 1. The molecule has 4 aromatic rings. The van der Waals surface area contributed by atoms with E-state index in [4.69, 9.17) is 9.47 Å². The van der Waals surface area contributed by atoms with E-state index in [-0.39, 0.29) is 5.91 Å². The lowest BCUT2D eigenvalue weighted by Crippen LogP contribution is -2.14. The summed E-state index contributed by atoms with van der Waals surface area (Å²) < 4.78 is 10.7. The van der Waals surface area contributed by atoms with Crippen LogP contribution in [0.2, 0.25) is 0 Å². The van der Waals surface area contributed by atoms with Gasteiger partial charge in [-0.3, -0.25) is 10.1 Å². The number of nitrogens with one attached hydrogen (secondary N) is 1. The van der Waals surface area contributed by atoms with Gasteiger partial charge in [-0.15, -0.1) is 11.3 Å². The van der Waals surface area contributed by atoms with Crippen molar-refractivity contribution in [1.82, 2.24) is 4.98 Å². The number of nitrogens with zero attached hydrogens (tertiary/aromatic N) is 1. The Morgan fingerprint density at radius 1 is 0.906 bits per heavy atom. The minimum Gasteiger partial charge on any atom is -0.493 e. The van der Waals surface area contributed by atoms with E-state index < -0.39 is 0 Å². The van der Waals surface area contributed by atoms with Crippen LogP contribution in [0.1, 0.15) is 21.5 Å². The fraction of sp³-hybridized carbons (Fsp3) is 0.154. The molecule has 0 radical (unpaired) electrons. The smallest absolute Gasteiger partial charge is 0.257 e. The molecule has 0 saturated carbocycles. The van der Waals surface area contributed by atoms with E-state index in [1.807, 2.05) is 66.0 Å². The zero-order valence-corrected chi connectivity index (χ0v) is 18.8. The van der Waals surface area contributed by atoms with E-state index in [9.17, 15) is 4.79 Å². The number of benzene rings is 3. The van der Waals surface area contributed by atoms with Crippen molar-refractivity contribution >= 4 is 22.4 Å². The zero-order chi connectivity index (χ0) is 22.3. The van der Waals surface area contributed by atoms with E-state index in [0.29, 0.717) is 22.2 Å². The van der Waals surface area contributed by atoms with Crippen molar-refractivity contribution in [2.75, 3.05) is 19.5 Å². The topological polar surface area (TPSA) is 60.5 Å². The minimum absolute atomic E-state index is 0.151. The highest BCUT2D eigenvalue weighted by molar-refractivity contribution is 7.14. The molecule has 6 heteroatoms. The molecule has 0 unspecified atom stereocenters. The summed E-state index contributed by atoms with van der Waals surface area (Å²) in [7, 11) is 3.20. The van der Waals surface area contributed by atoms with Crippen LogP contribution in [0.25, 0.3) is 11.3 Å². The Kier molecular flexibility index (Phi) is 6.82. The molecule has 0 aliphatic rings. The van der Waals surface area contributed by atoms with Crippen molar-refractivity contribution < 1.29 is 14.3 Å². The van der Waals surface area contributed by atoms with Gasteiger partial charge in [0.05, 0.1) is 19.9 Å². The molecular weight excluding hydrogens is 420 g/mol. The van der Waals surface area contributed by atoms with Gasteiger partial charge in [0.25, 0.3) is 5.91 Å². The molecule has 4 rings (SSSR count). The number of ether oxygens (including phenoxy) is 2. The molecule has 3 aromatic carbocycles. The van der Waals surface area contributed by atoms with E-state index in [2.05, 4.69) is 22.4 Å². The van der Waals surface area contributed by atoms with Crippen molar-refractivity contribution in [3.63, 3.8) is 0 Å². The maximum atomic E-state index is 13.0. The van der Waals surface area contributed by atoms with Crippen LogP contribution in [0.3, 0.4) is 0 Å². The molecule has 32 heavy (non-hydrogen) atoms. The van der Waals surface area contributed by atoms with E-state index >= 15 is 0 Å². The molecule has 0 spiro atoms. The third-order valence-corrected chi connectivity index (χ3v) is 5.95. The summed E-state index contributed by atoms with van der Waals surface area (Å²) >= 11 is 1.39. The van der Waals surface area contributed by atoms with Crippen molar-refractivity contribution in [3.05, 3.63) is 94.9 Å². The van der Waals surface area contributed by atoms with Gasteiger partial charge < -0.3 is 9.47 Å². The number of hydrogen-bond acceptors (Lipinski definition) is 5. The van der Waals surface area contributed by atoms with Crippen molar-refractivity contribution in [1.29, 1.82) is 0 Å². The summed E-state index contributed by atoms with van der Waals surface area (Å²) in [5, 5.41) is 5.42. The van der Waals surface area contributed by atoms with Crippen LogP contribution in [-0.2, 0) is 12.8 Å². The van der Waals surface area contributed by atoms with Crippen LogP contribution >= 0.6 is 11.3 Å². The third kappa shape index (κ3) is 4.98. The lowest BCUT2D eigenvalue weighted by molar-refractivity contribution is 0.102. The molecule has 1 aromatic heterocycles. The van der Waals surface area contributed by atoms with Crippen LogP contribution in [0, 0.1) is 0 Å². The first-order chi connectivity index (χ1) is 15.7. The number of thiazole rings is 1. The van der Waals surface area contributed by atoms with E-state index in [0.717, 1.165) is 29.7 Å². The van der Waals surface area contributed by atoms with Crippen LogP contribution in [0.5, 0.6) is 11.5 Å². The molecule has 1 amide bonds. The molecule has 1 heterocycles. The predicted octanol–water partition coefficient (Wildman–Crippen LogP) is 5.86. The predicted molar refractivity (Wildman–Crippen MR) is 129 cm³/mol. The average Bonchev–Trinajstić information content (AvgIpc) is 3.31. The number of amides is 1. The molecule has 0 aliphatic carbocycles. The highest BCUT2D eigenvalue weighted by Crippen LogP contribution is 2.33. The second-order valence-electron chi connectivity index (χ2n) is 7.20. The second kappa shape index (κ2) is 10.1. The summed E-state index contributed by atoms with van der Waals surface area (Å²) in [5.74, 6) is 1.14. The van der Waals surface area contributed by atoms with E-state index in [1.54, 1.807) is 14.2 Å². The van der Waals surface area contributed by atoms with Gasteiger partial charge in [-0.2, -0.15) is 0 Å². The monoisotopic (exact) mass is 444 g/mol. The summed E-state index contributed by atoms with van der Waals surface area (Å²) in [4.78, 5) is 17.6. The Bertz CT molecular complexity index is 1200. The zero-order valence-electron chi connectivity index (χ0n) is 18.0. The summed E-state index contributed by atoms with van der Waals surface area (Å²) in [6, 6.07) is 23.6. The molecule has 0 bridgehead atoms. The fourth-order valence-electron chi connectivity index (χ4n) is 3.51. The first-order valence-electron chi connectivity index (χ1n) is 10.3. The van der Waals surface area contributed by atoms with Gasteiger partial charge in [0.1, 0.15) is 0 Å². The SMILES string of the molecule is COc1ccc(-c2csc(NC(=O)c3ccccc3CCc3ccccc3)n2)cc1OC. The average molecular weight is 445 g/mol. The number of rotatable bonds is 8. The number of aromatic nitrogens is 1. The van der Waals surface area contributed by atoms with Crippen molar-refractivity contribution in [2.24, 2.45) is 0 Å². The number of carbonyl (C=O) groups is 1. The largest absolute Gasteiger partial charge is 0.493 e. The molecule has 5 nitrogen and oxygen atoms in total. The number of aryl methyl sites for hydroxylation is 2. The van der Waals surface area contributed by atoms with Crippen molar-refractivity contribution in [3.8, 4) is 22.8 Å². The number of hydrogen-bond donors (Lipinski definition) is 1. The number of methoxy groups -OCH3 is 2. The summed E-state index contributed by atoms with van der Waals surface area (Å²) in [6.07, 6.45) is 1.67. The maximum Gasteiger partial charge on any atom is 0.257 e. The highest BCUT2D eigenvalue weighted by atomic mass is 32.1. The van der Waals surface area contributed by atoms with Crippen LogP contribution in [-0.4, -0.2) is 25.1 Å². The van der Waals surface area contributed by atoms with Crippen LogP contribution in [0.15, 0.2) is 78.2 Å². The van der Waals surface area contributed by atoms with Gasteiger partial charge in [0.15, 0.2) is 16.6 Å². The van der Waals surface area contributed by atoms with Gasteiger partial charge in [-0.1, -0.05) is 48.5 Å². The van der Waals surface area contributed by atoms with Gasteiger partial charge >= 0.3 is 0 Å². The second-order valence-corrected chi connectivity index (χ2v) is 8.06. The van der Waals surface area contributed by atoms with Crippen LogP contribution in [0.4, 0.5) is 5.13 Å². The summed E-state index contributed by atoms with van der Waals surface area (Å²) in [6.45, 7) is 0. The van der Waals surface area contributed by atoms with Gasteiger partial charge in [-0.25, -0.2) is 4.98 Å². The molecule has 0 saturated heterocycles. The standard InChI is InChI=1S/C26H24N2O3S/c1-30-23-15-14-20(16-24(23)31-2)22-17-32-26(27-22)28-25(29)21-11-7-6-10-19(21)13-12-18-8-4-3-5-9-18/h3-11,14-17H,12-13H2,1-2H3,(H,27,28,29). The van der Waals surface area contributed by atoms with Crippen LogP contribution < -0.4 is 14.8 Å². The normalized spacial score (nSPS) is 10.6. The lowest BCUT2D eigenvalue weighted by Gasteiger charge is -2.09. The molecule has 162 valence electrons. The molecule has 0 fully saturated rings. The molecular formula is C26H24N2O3S. The fourth-order valence-corrected chi connectivity index (χ4v) is 4.22. The quantitative estimate of drug-likeness (QED) is 0.369. The van der Waals surface area contributed by atoms with Crippen molar-refractivity contribution in [2.45, 2.75) is 12.8 Å². The Morgan fingerprint density at radius 3 is 2.44 bits per heavy atom. The van der Waals surface area contributed by atoms with Gasteiger partial charge in [0.2, 0.25) is 0 Å². The molecule has 1 N–H and O–H groups in total. The third-order valence-electron chi connectivity index (χ3n) is 5.19. The van der Waals surface area contributed by atoms with E-state index in [1.165, 1.54) is 16.9 Å². The molecule has 0 atom stereocenters. The number of carbonyl (C=O) groups excluding carboxylic acids is 1. The Balaban J connectivity index is 1.48. The Morgan fingerprint density at radius 2 is 1.66 bits per heavy atom. The Labute approximate surface area is 191 Å². The first-order valence-corrected chi connectivity index (χ1v) is 11.2. The maximum absolute atomic E-state index is 13.0. The molecule has 0 aliphatic heterocycles. The summed E-state index contributed by atoms with van der Waals surface area (Å²) in [5.41, 5.74) is 4.60. The Hall–Kier alpha value is -3.64. The highest BCUT2D eigenvalue weighted by Gasteiger charge is 2.14.